The number of sulfonamides is 1. The van der Waals surface area contributed by atoms with Crippen LogP contribution >= 0.6 is 0 Å². The predicted octanol–water partition coefficient (Wildman–Crippen LogP) is 2.22. The van der Waals surface area contributed by atoms with Crippen LogP contribution in [0.15, 0.2) is 70.4 Å². The second-order valence-corrected chi connectivity index (χ2v) is 7.28. The van der Waals surface area contributed by atoms with Crippen LogP contribution in [-0.4, -0.2) is 37.9 Å². The number of ether oxygens (including phenoxy) is 1. The van der Waals surface area contributed by atoms with Crippen LogP contribution in [0.25, 0.3) is 0 Å². The first-order valence-electron chi connectivity index (χ1n) is 7.97. The lowest BCUT2D eigenvalue weighted by atomic mass is 10.2. The molecule has 0 radical (unpaired) electrons. The number of nitrogens with one attached hydrogen (secondary N) is 2. The highest BCUT2D eigenvalue weighted by Gasteiger charge is 2.21. The van der Waals surface area contributed by atoms with Gasteiger partial charge in [-0.25, -0.2) is 17.9 Å². The van der Waals surface area contributed by atoms with E-state index in [0.29, 0.717) is 11.4 Å². The van der Waals surface area contributed by atoms with E-state index < -0.39 is 22.2 Å². The van der Waals surface area contributed by atoms with Crippen LogP contribution in [0, 0.1) is 0 Å². The van der Waals surface area contributed by atoms with Crippen LogP contribution in [0.3, 0.4) is 0 Å². The number of nitrogens with zero attached hydrogens (tertiary/aromatic N) is 2. The number of rotatable bonds is 7. The second kappa shape index (κ2) is 8.06. The summed E-state index contributed by atoms with van der Waals surface area (Å²) in [6.45, 7) is 0.0552. The second-order valence-electron chi connectivity index (χ2n) is 5.51. The van der Waals surface area contributed by atoms with Crippen molar-refractivity contribution in [2.45, 2.75) is 10.9 Å². The molecule has 0 aliphatic carbocycles. The van der Waals surface area contributed by atoms with Gasteiger partial charge in [0.15, 0.2) is 0 Å². The quantitative estimate of drug-likeness (QED) is 0.639. The van der Waals surface area contributed by atoms with Crippen molar-refractivity contribution in [3.05, 3.63) is 66.9 Å². The molecule has 3 rings (SSSR count). The van der Waals surface area contributed by atoms with E-state index in [1.165, 1.54) is 37.6 Å². The number of hydrogen-bond acceptors (Lipinski definition) is 6. The normalized spacial score (nSPS) is 12.5. The summed E-state index contributed by atoms with van der Waals surface area (Å²) in [5.41, 5.74) is 0.422. The Morgan fingerprint density at radius 1 is 1.26 bits per heavy atom. The molecule has 0 unspecified atom stereocenters. The number of furan rings is 1. The Labute approximate surface area is 156 Å². The van der Waals surface area contributed by atoms with Gasteiger partial charge in [-0.05, 0) is 42.5 Å². The third-order valence-electron chi connectivity index (χ3n) is 3.78. The Kier molecular flexibility index (Phi) is 5.57. The van der Waals surface area contributed by atoms with Crippen molar-refractivity contribution in [3.8, 4) is 0 Å². The average molecular weight is 390 g/mol. The Bertz CT molecular complexity index is 933. The number of aromatic nitrogens is 2. The Balaban J connectivity index is 1.72. The van der Waals surface area contributed by atoms with E-state index >= 15 is 0 Å². The molecule has 3 aromatic rings. The summed E-state index contributed by atoms with van der Waals surface area (Å²) in [4.78, 5) is 11.3. The standard InChI is InChI=1S/C17H18N4O5S/c1-25-17(22)20-13-5-7-14(8-6-13)27(23,24)19-12-15(16-4-2-11-26-16)21-10-3-9-18-21/h2-11,15,19H,12H2,1H3,(H,20,22)/t15-/m1/s1. The van der Waals surface area contributed by atoms with Crippen molar-refractivity contribution in [1.82, 2.24) is 14.5 Å². The number of hydrogen-bond donors (Lipinski definition) is 2. The minimum atomic E-state index is -3.77. The summed E-state index contributed by atoms with van der Waals surface area (Å²) < 4.78 is 39.2. The molecule has 0 bridgehead atoms. The number of amides is 1. The summed E-state index contributed by atoms with van der Waals surface area (Å²) in [5.74, 6) is 0.582. The molecular formula is C17H18N4O5S. The van der Waals surface area contributed by atoms with Gasteiger partial charge in [0.2, 0.25) is 10.0 Å². The molecule has 27 heavy (non-hydrogen) atoms. The van der Waals surface area contributed by atoms with Crippen molar-refractivity contribution in [2.75, 3.05) is 19.0 Å². The Hall–Kier alpha value is -3.11. The monoisotopic (exact) mass is 390 g/mol. The molecule has 0 aliphatic rings. The molecule has 10 heteroatoms. The van der Waals surface area contributed by atoms with E-state index in [1.54, 1.807) is 35.3 Å². The summed E-state index contributed by atoms with van der Waals surface area (Å²) >= 11 is 0. The summed E-state index contributed by atoms with van der Waals surface area (Å²) in [6.07, 6.45) is 4.23. The lowest BCUT2D eigenvalue weighted by molar-refractivity contribution is 0.187. The SMILES string of the molecule is COC(=O)Nc1ccc(S(=O)(=O)NC[C@H](c2ccco2)n2cccn2)cc1. The van der Waals surface area contributed by atoms with Gasteiger partial charge in [0.25, 0.3) is 0 Å². The van der Waals surface area contributed by atoms with Gasteiger partial charge in [0, 0.05) is 24.6 Å². The molecule has 142 valence electrons. The minimum absolute atomic E-state index is 0.0552. The third-order valence-corrected chi connectivity index (χ3v) is 5.22. The lowest BCUT2D eigenvalue weighted by Gasteiger charge is -2.16. The third kappa shape index (κ3) is 4.54. The molecular weight excluding hydrogens is 372 g/mol. The highest BCUT2D eigenvalue weighted by molar-refractivity contribution is 7.89. The number of anilines is 1. The van der Waals surface area contributed by atoms with Crippen LogP contribution < -0.4 is 10.0 Å². The van der Waals surface area contributed by atoms with Crippen molar-refractivity contribution < 1.29 is 22.4 Å². The van der Waals surface area contributed by atoms with Gasteiger partial charge in [-0.2, -0.15) is 5.10 Å². The Morgan fingerprint density at radius 2 is 2.04 bits per heavy atom. The van der Waals surface area contributed by atoms with Gasteiger partial charge in [0.05, 0.1) is 18.3 Å². The fourth-order valence-corrected chi connectivity index (χ4v) is 3.47. The first-order chi connectivity index (χ1) is 13.0. The van der Waals surface area contributed by atoms with E-state index in [4.69, 9.17) is 4.42 Å². The predicted molar refractivity (Wildman–Crippen MR) is 96.7 cm³/mol. The number of methoxy groups -OCH3 is 1. The molecule has 9 nitrogen and oxygen atoms in total. The Morgan fingerprint density at radius 3 is 2.63 bits per heavy atom. The summed E-state index contributed by atoms with van der Waals surface area (Å²) in [7, 11) is -2.52. The largest absolute Gasteiger partial charge is 0.467 e. The van der Waals surface area contributed by atoms with E-state index in [9.17, 15) is 13.2 Å². The molecule has 1 amide bonds. The van der Waals surface area contributed by atoms with Crippen LogP contribution in [0.2, 0.25) is 0 Å². The maximum Gasteiger partial charge on any atom is 0.411 e. The maximum atomic E-state index is 12.6. The zero-order valence-corrected chi connectivity index (χ0v) is 15.2. The molecule has 2 heterocycles. The summed E-state index contributed by atoms with van der Waals surface area (Å²) in [5, 5.41) is 6.62. The van der Waals surface area contributed by atoms with Crippen molar-refractivity contribution in [2.24, 2.45) is 0 Å². The van der Waals surface area contributed by atoms with Gasteiger partial charge in [0.1, 0.15) is 11.8 Å². The highest BCUT2D eigenvalue weighted by Crippen LogP contribution is 2.19. The highest BCUT2D eigenvalue weighted by atomic mass is 32.2. The molecule has 2 aromatic heterocycles. The molecule has 2 N–H and O–H groups in total. The van der Waals surface area contributed by atoms with Crippen LogP contribution in [0.5, 0.6) is 0 Å². The van der Waals surface area contributed by atoms with E-state index in [2.05, 4.69) is 19.9 Å². The fourth-order valence-electron chi connectivity index (χ4n) is 2.43. The molecule has 0 fully saturated rings. The van der Waals surface area contributed by atoms with Gasteiger partial charge < -0.3 is 9.15 Å². The zero-order chi connectivity index (χ0) is 19.3. The van der Waals surface area contributed by atoms with E-state index in [0.717, 1.165) is 0 Å². The van der Waals surface area contributed by atoms with Crippen molar-refractivity contribution >= 4 is 21.8 Å². The molecule has 1 aromatic carbocycles. The van der Waals surface area contributed by atoms with Gasteiger partial charge in [-0.3, -0.25) is 10.00 Å². The first-order valence-corrected chi connectivity index (χ1v) is 9.45. The number of carbonyl (C=O) groups is 1. The summed E-state index contributed by atoms with van der Waals surface area (Å²) in [6, 6.07) is 10.5. The maximum absolute atomic E-state index is 12.6. The average Bonchev–Trinajstić information content (AvgIpc) is 3.37. The fraction of sp³-hybridized carbons (Fsp3) is 0.176. The van der Waals surface area contributed by atoms with Crippen LogP contribution in [-0.2, 0) is 14.8 Å². The van der Waals surface area contributed by atoms with E-state index in [1.807, 2.05) is 0 Å². The first kappa shape index (κ1) is 18.7. The minimum Gasteiger partial charge on any atom is -0.467 e. The van der Waals surface area contributed by atoms with Crippen molar-refractivity contribution in [1.29, 1.82) is 0 Å². The lowest BCUT2D eigenvalue weighted by Crippen LogP contribution is -2.31. The number of carbonyl (C=O) groups excluding carboxylic acids is 1. The van der Waals surface area contributed by atoms with E-state index in [-0.39, 0.29) is 11.4 Å². The zero-order valence-electron chi connectivity index (χ0n) is 14.4. The number of benzene rings is 1. The molecule has 1 atom stereocenters. The van der Waals surface area contributed by atoms with Gasteiger partial charge in [-0.1, -0.05) is 0 Å². The molecule has 0 spiro atoms. The topological polar surface area (TPSA) is 115 Å². The van der Waals surface area contributed by atoms with Gasteiger partial charge >= 0.3 is 6.09 Å². The van der Waals surface area contributed by atoms with Crippen LogP contribution in [0.4, 0.5) is 10.5 Å². The molecule has 0 saturated carbocycles. The molecule has 0 saturated heterocycles. The smallest absolute Gasteiger partial charge is 0.411 e. The van der Waals surface area contributed by atoms with Gasteiger partial charge in [-0.15, -0.1) is 0 Å². The van der Waals surface area contributed by atoms with Crippen molar-refractivity contribution in [3.63, 3.8) is 0 Å². The van der Waals surface area contributed by atoms with Crippen LogP contribution in [0.1, 0.15) is 11.8 Å². The molecule has 0 aliphatic heterocycles.